The van der Waals surface area contributed by atoms with Crippen molar-refractivity contribution in [3.8, 4) is 5.75 Å². The summed E-state index contributed by atoms with van der Waals surface area (Å²) in [7, 11) is 0. The number of thiophene rings is 2. The van der Waals surface area contributed by atoms with E-state index >= 15 is 0 Å². The van der Waals surface area contributed by atoms with E-state index in [-0.39, 0.29) is 5.91 Å². The first-order valence-corrected chi connectivity index (χ1v) is 9.59. The minimum atomic E-state index is 0.0263. The van der Waals surface area contributed by atoms with Gasteiger partial charge in [-0.2, -0.15) is 0 Å². The molecular weight excluding hydrogens is 338 g/mol. The quantitative estimate of drug-likeness (QED) is 0.592. The molecule has 0 atom stereocenters. The van der Waals surface area contributed by atoms with Gasteiger partial charge in [-0.05, 0) is 48.0 Å². The van der Waals surface area contributed by atoms with Crippen LogP contribution in [0.3, 0.4) is 0 Å². The van der Waals surface area contributed by atoms with Crippen LogP contribution >= 0.6 is 22.7 Å². The van der Waals surface area contributed by atoms with Crippen molar-refractivity contribution in [1.82, 2.24) is 4.90 Å². The number of amides is 1. The van der Waals surface area contributed by atoms with Gasteiger partial charge in [-0.25, -0.2) is 0 Å². The number of benzene rings is 1. The molecule has 0 aliphatic carbocycles. The molecule has 0 aliphatic heterocycles. The first-order valence-electron chi connectivity index (χ1n) is 7.83. The third-order valence-corrected chi connectivity index (χ3v) is 5.26. The van der Waals surface area contributed by atoms with E-state index < -0.39 is 0 Å². The fraction of sp³-hybridized carbons (Fsp3) is 0.211. The summed E-state index contributed by atoms with van der Waals surface area (Å²) in [5, 5.41) is 4.08. The predicted octanol–water partition coefficient (Wildman–Crippen LogP) is 5.05. The summed E-state index contributed by atoms with van der Waals surface area (Å²) in [4.78, 5) is 17.3. The van der Waals surface area contributed by atoms with Crippen molar-refractivity contribution in [2.75, 3.05) is 6.61 Å². The Hall–Kier alpha value is -2.11. The topological polar surface area (TPSA) is 29.5 Å². The van der Waals surface area contributed by atoms with Crippen molar-refractivity contribution in [3.05, 3.63) is 74.6 Å². The Labute approximate surface area is 150 Å². The average molecular weight is 358 g/mol. The van der Waals surface area contributed by atoms with Crippen LogP contribution in [-0.4, -0.2) is 17.4 Å². The van der Waals surface area contributed by atoms with Gasteiger partial charge in [-0.15, -0.1) is 22.7 Å². The molecule has 5 heteroatoms. The lowest BCUT2D eigenvalue weighted by Crippen LogP contribution is -2.29. The Bertz CT molecular complexity index is 730. The van der Waals surface area contributed by atoms with Crippen molar-refractivity contribution < 1.29 is 9.53 Å². The van der Waals surface area contributed by atoms with Crippen LogP contribution in [-0.2, 0) is 13.1 Å². The second-order valence-corrected chi connectivity index (χ2v) is 7.35. The molecule has 0 fully saturated rings. The largest absolute Gasteiger partial charge is 0.494 e. The van der Waals surface area contributed by atoms with E-state index in [1.165, 1.54) is 9.75 Å². The summed E-state index contributed by atoms with van der Waals surface area (Å²) in [5.74, 6) is 0.758. The Morgan fingerprint density at radius 2 is 1.67 bits per heavy atom. The number of hydrogen-bond acceptors (Lipinski definition) is 4. The standard InChI is InChI=1S/C19H19NO2S2/c1-2-22-16-7-3-6-15(12-16)19(21)20(13-17-8-4-10-23-17)14-18-9-5-11-24-18/h3-12H,2,13-14H2,1H3. The molecule has 0 N–H and O–H groups in total. The lowest BCUT2D eigenvalue weighted by atomic mass is 10.2. The number of ether oxygens (including phenoxy) is 1. The smallest absolute Gasteiger partial charge is 0.254 e. The number of carbonyl (C=O) groups excluding carboxylic acids is 1. The SMILES string of the molecule is CCOc1cccc(C(=O)N(Cc2cccs2)Cc2cccs2)c1. The normalized spacial score (nSPS) is 10.5. The molecule has 124 valence electrons. The molecule has 0 aliphatic rings. The van der Waals surface area contributed by atoms with Crippen LogP contribution < -0.4 is 4.74 Å². The third-order valence-electron chi connectivity index (χ3n) is 3.53. The highest BCUT2D eigenvalue weighted by Gasteiger charge is 2.18. The molecule has 0 bridgehead atoms. The molecule has 2 heterocycles. The summed E-state index contributed by atoms with van der Waals surface area (Å²) in [6.07, 6.45) is 0. The molecule has 3 nitrogen and oxygen atoms in total. The second kappa shape index (κ2) is 8.13. The van der Waals surface area contributed by atoms with Crippen molar-refractivity contribution in [1.29, 1.82) is 0 Å². The van der Waals surface area contributed by atoms with Crippen molar-refractivity contribution in [2.24, 2.45) is 0 Å². The van der Waals surface area contributed by atoms with Crippen LogP contribution in [0, 0.1) is 0 Å². The van der Waals surface area contributed by atoms with Gasteiger partial charge in [0.25, 0.3) is 5.91 Å². The Morgan fingerprint density at radius 3 is 2.21 bits per heavy atom. The lowest BCUT2D eigenvalue weighted by molar-refractivity contribution is 0.0733. The predicted molar refractivity (Wildman–Crippen MR) is 99.8 cm³/mol. The number of carbonyl (C=O) groups is 1. The number of nitrogens with zero attached hydrogens (tertiary/aromatic N) is 1. The average Bonchev–Trinajstić information content (AvgIpc) is 3.28. The fourth-order valence-corrected chi connectivity index (χ4v) is 3.89. The van der Waals surface area contributed by atoms with Gasteiger partial charge in [0, 0.05) is 15.3 Å². The maximum absolute atomic E-state index is 13.0. The zero-order chi connectivity index (χ0) is 16.8. The summed E-state index contributed by atoms with van der Waals surface area (Å²) >= 11 is 3.35. The maximum Gasteiger partial charge on any atom is 0.254 e. The molecule has 0 saturated heterocycles. The highest BCUT2D eigenvalue weighted by Crippen LogP contribution is 2.21. The van der Waals surface area contributed by atoms with E-state index in [1.807, 2.05) is 59.0 Å². The van der Waals surface area contributed by atoms with Crippen LogP contribution in [0.4, 0.5) is 0 Å². The Kier molecular flexibility index (Phi) is 5.67. The van der Waals surface area contributed by atoms with E-state index in [9.17, 15) is 4.79 Å². The summed E-state index contributed by atoms with van der Waals surface area (Å²) in [6.45, 7) is 3.76. The van der Waals surface area contributed by atoms with Gasteiger partial charge in [0.1, 0.15) is 5.75 Å². The molecule has 3 aromatic rings. The Balaban J connectivity index is 1.83. The first-order chi connectivity index (χ1) is 11.8. The van der Waals surface area contributed by atoms with Crippen LogP contribution in [0.2, 0.25) is 0 Å². The molecule has 0 unspecified atom stereocenters. The van der Waals surface area contributed by atoms with Crippen molar-refractivity contribution in [2.45, 2.75) is 20.0 Å². The lowest BCUT2D eigenvalue weighted by Gasteiger charge is -2.22. The fourth-order valence-electron chi connectivity index (χ4n) is 2.45. The first kappa shape index (κ1) is 16.7. The molecule has 0 spiro atoms. The number of hydrogen-bond donors (Lipinski definition) is 0. The van der Waals surface area contributed by atoms with Crippen LogP contribution in [0.25, 0.3) is 0 Å². The van der Waals surface area contributed by atoms with E-state index in [0.717, 1.165) is 5.75 Å². The maximum atomic E-state index is 13.0. The van der Waals surface area contributed by atoms with Gasteiger partial charge in [0.15, 0.2) is 0 Å². The summed E-state index contributed by atoms with van der Waals surface area (Å²) in [5.41, 5.74) is 0.661. The van der Waals surface area contributed by atoms with Gasteiger partial charge in [0.05, 0.1) is 19.7 Å². The summed E-state index contributed by atoms with van der Waals surface area (Å²) < 4.78 is 5.52. The van der Waals surface area contributed by atoms with E-state index in [1.54, 1.807) is 22.7 Å². The van der Waals surface area contributed by atoms with Crippen LogP contribution in [0.1, 0.15) is 27.0 Å². The minimum absolute atomic E-state index is 0.0263. The molecule has 0 radical (unpaired) electrons. The zero-order valence-corrected chi connectivity index (χ0v) is 15.1. The van der Waals surface area contributed by atoms with Gasteiger partial charge in [0.2, 0.25) is 0 Å². The third kappa shape index (κ3) is 4.24. The van der Waals surface area contributed by atoms with Gasteiger partial charge in [-0.3, -0.25) is 4.79 Å². The minimum Gasteiger partial charge on any atom is -0.494 e. The van der Waals surface area contributed by atoms with E-state index in [2.05, 4.69) is 12.1 Å². The highest BCUT2D eigenvalue weighted by atomic mass is 32.1. The van der Waals surface area contributed by atoms with Gasteiger partial charge in [-0.1, -0.05) is 18.2 Å². The molecule has 3 rings (SSSR count). The molecule has 1 amide bonds. The van der Waals surface area contributed by atoms with Crippen molar-refractivity contribution in [3.63, 3.8) is 0 Å². The molecule has 1 aromatic carbocycles. The molecule has 2 aromatic heterocycles. The van der Waals surface area contributed by atoms with E-state index in [0.29, 0.717) is 25.3 Å². The van der Waals surface area contributed by atoms with Crippen LogP contribution in [0.15, 0.2) is 59.3 Å². The molecule has 24 heavy (non-hydrogen) atoms. The molecule has 0 saturated carbocycles. The monoisotopic (exact) mass is 357 g/mol. The van der Waals surface area contributed by atoms with E-state index in [4.69, 9.17) is 4.74 Å². The highest BCUT2D eigenvalue weighted by molar-refractivity contribution is 7.10. The second-order valence-electron chi connectivity index (χ2n) is 5.28. The zero-order valence-electron chi connectivity index (χ0n) is 13.5. The Morgan fingerprint density at radius 1 is 1.00 bits per heavy atom. The van der Waals surface area contributed by atoms with Crippen molar-refractivity contribution >= 4 is 28.6 Å². The van der Waals surface area contributed by atoms with Crippen LogP contribution in [0.5, 0.6) is 5.75 Å². The summed E-state index contributed by atoms with van der Waals surface area (Å²) in [6, 6.07) is 15.6. The number of rotatable bonds is 7. The van der Waals surface area contributed by atoms with Gasteiger partial charge < -0.3 is 9.64 Å². The van der Waals surface area contributed by atoms with Gasteiger partial charge >= 0.3 is 0 Å². The molecular formula is C19H19NO2S2.